The molecule has 0 aliphatic heterocycles. The van der Waals surface area contributed by atoms with E-state index in [1.54, 1.807) is 18.2 Å². The Morgan fingerprint density at radius 2 is 0.733 bits per heavy atom. The number of hydrogen-bond donors (Lipinski definition) is 0. The summed E-state index contributed by atoms with van der Waals surface area (Å²) in [5, 5.41) is 0. The van der Waals surface area contributed by atoms with Crippen LogP contribution in [0.1, 0.15) is 38.2 Å². The summed E-state index contributed by atoms with van der Waals surface area (Å²) in [5.41, 5.74) is 12.8. The van der Waals surface area contributed by atoms with Gasteiger partial charge in [0.05, 0.1) is 5.56 Å². The standard InChI is InChI=1S/C24H20B.C10H15.C7H5FO.Ru/c1-5-13-21(14-6-1)25(22-15-7-2-8-16-22,23-17-9-3-10-18-23)24-19-11-4-12-20-24;1-6-7(2)9(4)10(5)8(6)3;8-7(9)6-4-2-1-3-5-6;/h1-20H;1-5H3;1-5H;/q2*-1;;+1. The molecule has 6 aromatic carbocycles. The molecule has 0 saturated carbocycles. The van der Waals surface area contributed by atoms with Gasteiger partial charge in [-0.3, -0.25) is 4.79 Å². The molecule has 1 radical (unpaired) electrons. The van der Waals surface area contributed by atoms with Crippen molar-refractivity contribution < 1.29 is 28.7 Å². The van der Waals surface area contributed by atoms with E-state index >= 15 is 0 Å². The van der Waals surface area contributed by atoms with Crippen molar-refractivity contribution in [2.24, 2.45) is 0 Å². The molecule has 45 heavy (non-hydrogen) atoms. The average molecular weight is 680 g/mol. The molecule has 0 aliphatic rings. The number of halogens is 1. The quantitative estimate of drug-likeness (QED) is 0.103. The summed E-state index contributed by atoms with van der Waals surface area (Å²) in [7, 11) is 0. The molecule has 0 fully saturated rings. The van der Waals surface area contributed by atoms with Crippen molar-refractivity contribution in [1.29, 1.82) is 0 Å². The van der Waals surface area contributed by atoms with Crippen LogP contribution in [0, 0.1) is 34.6 Å². The Bertz CT molecular complexity index is 1510. The van der Waals surface area contributed by atoms with E-state index in [0.717, 1.165) is 0 Å². The van der Waals surface area contributed by atoms with Crippen LogP contribution in [0.4, 0.5) is 4.39 Å². The van der Waals surface area contributed by atoms with E-state index in [4.69, 9.17) is 0 Å². The van der Waals surface area contributed by atoms with Gasteiger partial charge in [-0.15, -0.1) is 0 Å². The van der Waals surface area contributed by atoms with Gasteiger partial charge in [-0.25, -0.2) is 0 Å². The van der Waals surface area contributed by atoms with Gasteiger partial charge in [0, 0.05) is 0 Å². The van der Waals surface area contributed by atoms with Crippen molar-refractivity contribution in [3.8, 4) is 0 Å². The maximum atomic E-state index is 11.8. The number of hydrogen-bond acceptors (Lipinski definition) is 1. The Morgan fingerprint density at radius 1 is 0.489 bits per heavy atom. The minimum atomic E-state index is -1.38. The molecule has 0 N–H and O–H groups in total. The molecule has 0 atom stereocenters. The Hall–Kier alpha value is -4.26. The van der Waals surface area contributed by atoms with Crippen molar-refractivity contribution in [1.82, 2.24) is 0 Å². The van der Waals surface area contributed by atoms with Gasteiger partial charge in [-0.05, 0) is 12.1 Å². The molecule has 0 saturated heterocycles. The van der Waals surface area contributed by atoms with Gasteiger partial charge < -0.3 is 0 Å². The molecular weight excluding hydrogens is 639 g/mol. The third kappa shape index (κ3) is 8.07. The van der Waals surface area contributed by atoms with Crippen molar-refractivity contribution in [2.75, 3.05) is 0 Å². The van der Waals surface area contributed by atoms with E-state index in [2.05, 4.69) is 156 Å². The second kappa shape index (κ2) is 16.7. The summed E-state index contributed by atoms with van der Waals surface area (Å²) >= 11 is 0. The van der Waals surface area contributed by atoms with Gasteiger partial charge in [0.2, 0.25) is 0 Å². The van der Waals surface area contributed by atoms with E-state index in [1.807, 2.05) is 0 Å². The van der Waals surface area contributed by atoms with Crippen molar-refractivity contribution in [3.05, 3.63) is 185 Å². The minimum absolute atomic E-state index is 0. The number of rotatable bonds is 5. The van der Waals surface area contributed by atoms with Crippen molar-refractivity contribution >= 4 is 34.0 Å². The molecule has 229 valence electrons. The van der Waals surface area contributed by atoms with Crippen LogP contribution in [0.25, 0.3) is 0 Å². The molecule has 0 spiro atoms. The van der Waals surface area contributed by atoms with Gasteiger partial charge in [0.15, 0.2) is 0 Å². The number of carbonyl (C=O) groups is 1. The zero-order valence-corrected chi connectivity index (χ0v) is 28.4. The van der Waals surface area contributed by atoms with Gasteiger partial charge >= 0.3 is 25.5 Å². The maximum Gasteiger partial charge on any atom is 1.00 e. The van der Waals surface area contributed by atoms with Crippen molar-refractivity contribution in [2.45, 2.75) is 34.6 Å². The monoisotopic (exact) mass is 680 g/mol. The van der Waals surface area contributed by atoms with Crippen LogP contribution in [-0.2, 0) is 19.5 Å². The van der Waals surface area contributed by atoms with Crippen LogP contribution in [0.2, 0.25) is 0 Å². The van der Waals surface area contributed by atoms with Gasteiger partial charge in [0.25, 0.3) is 0 Å². The minimum Gasteiger partial charge on any atom is -0.255 e. The fraction of sp³-hybridized carbons (Fsp3) is 0.122. The van der Waals surface area contributed by atoms with Crippen molar-refractivity contribution in [3.63, 3.8) is 0 Å². The largest absolute Gasteiger partial charge is 1.00 e. The number of carbonyl (C=O) groups excluding carboxylic acids is 1. The first-order valence-electron chi connectivity index (χ1n) is 15.1. The Labute approximate surface area is 281 Å². The van der Waals surface area contributed by atoms with Crippen LogP contribution >= 0.6 is 0 Å². The molecule has 0 aromatic heterocycles. The maximum absolute atomic E-state index is 11.8. The molecule has 0 heterocycles. The van der Waals surface area contributed by atoms with Crippen LogP contribution in [0.15, 0.2) is 152 Å². The smallest absolute Gasteiger partial charge is 0.255 e. The second-order valence-corrected chi connectivity index (χ2v) is 11.3. The van der Waals surface area contributed by atoms with Crippen LogP contribution in [0.5, 0.6) is 0 Å². The molecule has 0 aliphatic carbocycles. The van der Waals surface area contributed by atoms with Gasteiger partial charge in [-0.1, -0.05) is 174 Å². The fourth-order valence-electron chi connectivity index (χ4n) is 6.10. The molecule has 0 bridgehead atoms. The molecule has 0 amide bonds. The second-order valence-electron chi connectivity index (χ2n) is 11.3. The SMILES string of the molecule is Cc1c(C)c(C)[c-](C)c1C.O=C(F)c1ccccc1.[Ru+].c1ccc([B-](c2ccccc2)(c2ccccc2)c2ccccc2)cc1. The molecule has 1 nitrogen and oxygen atoms in total. The van der Waals surface area contributed by atoms with E-state index in [9.17, 15) is 9.18 Å². The Kier molecular flexibility index (Phi) is 13.1. The van der Waals surface area contributed by atoms with E-state index in [1.165, 1.54) is 61.8 Å². The Balaban J connectivity index is 0.000000227. The predicted molar refractivity (Wildman–Crippen MR) is 188 cm³/mol. The predicted octanol–water partition coefficient (Wildman–Crippen LogP) is 7.81. The average Bonchev–Trinajstić information content (AvgIpc) is 3.25. The normalized spacial score (nSPS) is 10.4. The van der Waals surface area contributed by atoms with Crippen LogP contribution in [-0.4, -0.2) is 12.2 Å². The Morgan fingerprint density at radius 3 is 0.911 bits per heavy atom. The summed E-state index contributed by atoms with van der Waals surface area (Å²) in [6.45, 7) is 11.0. The topological polar surface area (TPSA) is 17.1 Å². The molecule has 6 aromatic rings. The van der Waals surface area contributed by atoms with E-state index < -0.39 is 12.2 Å². The van der Waals surface area contributed by atoms with Gasteiger partial charge in [0.1, 0.15) is 6.15 Å². The fourth-order valence-corrected chi connectivity index (χ4v) is 6.10. The summed E-state index contributed by atoms with van der Waals surface area (Å²) in [6.07, 6.45) is -1.22. The van der Waals surface area contributed by atoms with E-state index in [-0.39, 0.29) is 25.0 Å². The van der Waals surface area contributed by atoms with Crippen LogP contribution in [0.3, 0.4) is 0 Å². The first kappa shape index (κ1) is 35.2. The molecular formula is C41H40BFORu-. The first-order chi connectivity index (χ1) is 21.3. The van der Waals surface area contributed by atoms with Gasteiger partial charge in [-0.2, -0.15) is 54.1 Å². The molecule has 4 heteroatoms. The zero-order chi connectivity index (χ0) is 31.5. The third-order valence-electron chi connectivity index (χ3n) is 9.01. The molecule has 0 unspecified atom stereocenters. The van der Waals surface area contributed by atoms with E-state index in [0.29, 0.717) is 0 Å². The summed E-state index contributed by atoms with van der Waals surface area (Å²) in [4.78, 5) is 9.98. The third-order valence-corrected chi connectivity index (χ3v) is 9.01. The summed E-state index contributed by atoms with van der Waals surface area (Å²) < 4.78 is 11.8. The summed E-state index contributed by atoms with van der Waals surface area (Å²) in [6, 6.07) is 50.0. The van der Waals surface area contributed by atoms with Crippen LogP contribution < -0.4 is 21.9 Å². The zero-order valence-electron chi connectivity index (χ0n) is 26.7. The molecule has 6 rings (SSSR count). The first-order valence-corrected chi connectivity index (χ1v) is 15.1. The summed E-state index contributed by atoms with van der Waals surface area (Å²) in [5.74, 6) is 0. The number of benzene rings is 5.